The Bertz CT molecular complexity index is 409. The molecule has 0 radical (unpaired) electrons. The fourth-order valence-electron chi connectivity index (χ4n) is 1.11. The first-order valence-corrected chi connectivity index (χ1v) is 3.87. The number of nitrogens with two attached hydrogens (primary N) is 1. The lowest BCUT2D eigenvalue weighted by molar-refractivity contribution is 1.02. The normalized spacial score (nSPS) is 10.8. The molecule has 0 fully saturated rings. The van der Waals surface area contributed by atoms with E-state index in [1.807, 2.05) is 0 Å². The Morgan fingerprint density at radius 2 is 2.42 bits per heavy atom. The topological polar surface area (TPSA) is 56.2 Å². The number of rotatable bonds is 1. The van der Waals surface area contributed by atoms with Gasteiger partial charge in [-0.3, -0.25) is 9.38 Å². The molecule has 5 heteroatoms. The summed E-state index contributed by atoms with van der Waals surface area (Å²) in [6.07, 6.45) is 5.10. The minimum absolute atomic E-state index is 0.377. The zero-order valence-electron chi connectivity index (χ0n) is 6.24. The molecule has 0 bridgehead atoms. The highest BCUT2D eigenvalue weighted by Gasteiger charge is 2.06. The van der Waals surface area contributed by atoms with E-state index in [1.54, 1.807) is 23.0 Å². The lowest BCUT2D eigenvalue weighted by Crippen LogP contribution is -1.97. The predicted molar refractivity (Wildman–Crippen MR) is 45.9 cm³/mol. The largest absolute Gasteiger partial charge is 0.325 e. The summed E-state index contributed by atoms with van der Waals surface area (Å²) in [5, 5.41) is 0.424. The molecule has 0 saturated heterocycles. The third-order valence-corrected chi connectivity index (χ3v) is 1.94. The van der Waals surface area contributed by atoms with E-state index in [0.717, 1.165) is 11.2 Å². The van der Waals surface area contributed by atoms with Gasteiger partial charge in [-0.2, -0.15) is 0 Å². The van der Waals surface area contributed by atoms with Gasteiger partial charge in [0.2, 0.25) is 5.28 Å². The molecule has 0 aliphatic heterocycles. The van der Waals surface area contributed by atoms with Crippen molar-refractivity contribution in [2.45, 2.75) is 6.54 Å². The second-order valence-corrected chi connectivity index (χ2v) is 2.70. The molecule has 0 saturated carbocycles. The molecule has 2 aromatic rings. The van der Waals surface area contributed by atoms with Crippen LogP contribution in [0, 0.1) is 0 Å². The highest BCUT2D eigenvalue weighted by atomic mass is 35.5. The molecule has 0 aliphatic carbocycles. The molecule has 0 amide bonds. The van der Waals surface area contributed by atoms with Gasteiger partial charge in [0.25, 0.3) is 0 Å². The van der Waals surface area contributed by atoms with Crippen LogP contribution in [0.3, 0.4) is 0 Å². The summed E-state index contributed by atoms with van der Waals surface area (Å²) < 4.78 is 1.75. The summed E-state index contributed by atoms with van der Waals surface area (Å²) in [5.74, 6) is 0. The maximum absolute atomic E-state index is 5.83. The number of fused-ring (bicyclic) bond motifs is 1. The summed E-state index contributed by atoms with van der Waals surface area (Å²) >= 11 is 5.83. The van der Waals surface area contributed by atoms with Crippen LogP contribution in [-0.2, 0) is 6.54 Å². The van der Waals surface area contributed by atoms with Crippen LogP contribution >= 0.6 is 11.6 Å². The van der Waals surface area contributed by atoms with Crippen LogP contribution in [0.5, 0.6) is 0 Å². The van der Waals surface area contributed by atoms with Crippen molar-refractivity contribution in [1.82, 2.24) is 14.4 Å². The molecule has 62 valence electrons. The average Bonchev–Trinajstić information content (AvgIpc) is 2.44. The molecule has 2 N–H and O–H groups in total. The van der Waals surface area contributed by atoms with Crippen molar-refractivity contribution in [2.24, 2.45) is 5.73 Å². The van der Waals surface area contributed by atoms with Crippen LogP contribution in [0.1, 0.15) is 5.69 Å². The molecule has 0 spiro atoms. The fraction of sp³-hybridized carbons (Fsp3) is 0.143. The van der Waals surface area contributed by atoms with Gasteiger partial charge in [0.05, 0.1) is 17.4 Å². The summed E-state index contributed by atoms with van der Waals surface area (Å²) in [7, 11) is 0. The number of imidazole rings is 1. The van der Waals surface area contributed by atoms with E-state index in [-0.39, 0.29) is 0 Å². The molecule has 0 atom stereocenters. The van der Waals surface area contributed by atoms with Crippen molar-refractivity contribution in [1.29, 1.82) is 0 Å². The minimum Gasteiger partial charge on any atom is -0.325 e. The SMILES string of the molecule is NCc1nc(Cl)n2ccncc12. The molecule has 4 nitrogen and oxygen atoms in total. The molecule has 2 rings (SSSR count). The van der Waals surface area contributed by atoms with E-state index in [1.165, 1.54) is 0 Å². The van der Waals surface area contributed by atoms with Crippen molar-refractivity contribution < 1.29 is 0 Å². The zero-order chi connectivity index (χ0) is 8.55. The summed E-state index contributed by atoms with van der Waals surface area (Å²) in [5.41, 5.74) is 7.10. The monoisotopic (exact) mass is 182 g/mol. The maximum atomic E-state index is 5.83. The first kappa shape index (κ1) is 7.52. The second kappa shape index (κ2) is 2.73. The van der Waals surface area contributed by atoms with Gasteiger partial charge in [-0.1, -0.05) is 0 Å². The summed E-state index contributed by atoms with van der Waals surface area (Å²) in [6.45, 7) is 0.377. The highest BCUT2D eigenvalue weighted by molar-refractivity contribution is 6.28. The number of aromatic nitrogens is 3. The quantitative estimate of drug-likeness (QED) is 0.711. The molecule has 0 aromatic carbocycles. The number of nitrogens with zero attached hydrogens (tertiary/aromatic N) is 3. The van der Waals surface area contributed by atoms with E-state index in [0.29, 0.717) is 11.8 Å². The van der Waals surface area contributed by atoms with E-state index in [4.69, 9.17) is 17.3 Å². The van der Waals surface area contributed by atoms with Crippen LogP contribution < -0.4 is 5.73 Å². The Kier molecular flexibility index (Phi) is 1.71. The number of hydrogen-bond donors (Lipinski definition) is 1. The van der Waals surface area contributed by atoms with Gasteiger partial charge in [-0.25, -0.2) is 4.98 Å². The Balaban J connectivity index is 2.82. The summed E-state index contributed by atoms with van der Waals surface area (Å²) in [6, 6.07) is 0. The molecule has 0 aliphatic rings. The maximum Gasteiger partial charge on any atom is 0.207 e. The molecule has 0 unspecified atom stereocenters. The highest BCUT2D eigenvalue weighted by Crippen LogP contribution is 2.14. The number of hydrogen-bond acceptors (Lipinski definition) is 3. The fourth-order valence-corrected chi connectivity index (χ4v) is 1.36. The lowest BCUT2D eigenvalue weighted by Gasteiger charge is -1.92. The lowest BCUT2D eigenvalue weighted by atomic mass is 10.4. The molecular formula is C7H7ClN4. The van der Waals surface area contributed by atoms with Crippen molar-refractivity contribution in [3.05, 3.63) is 29.6 Å². The molecule has 12 heavy (non-hydrogen) atoms. The van der Waals surface area contributed by atoms with E-state index >= 15 is 0 Å². The van der Waals surface area contributed by atoms with Gasteiger partial charge in [0.1, 0.15) is 0 Å². The van der Waals surface area contributed by atoms with Crippen LogP contribution in [0.25, 0.3) is 5.52 Å². The Labute approximate surface area is 74.0 Å². The smallest absolute Gasteiger partial charge is 0.207 e. The Hall–Kier alpha value is -1.13. The molecular weight excluding hydrogens is 176 g/mol. The van der Waals surface area contributed by atoms with Gasteiger partial charge in [0, 0.05) is 18.9 Å². The standard InChI is InChI=1S/C7H7ClN4/c8-7-11-5(3-9)6-4-10-1-2-12(6)7/h1-2,4H,3,9H2. The van der Waals surface area contributed by atoms with E-state index in [9.17, 15) is 0 Å². The summed E-state index contributed by atoms with van der Waals surface area (Å²) in [4.78, 5) is 8.03. The Morgan fingerprint density at radius 3 is 3.17 bits per heavy atom. The van der Waals surface area contributed by atoms with Crippen LogP contribution in [0.15, 0.2) is 18.6 Å². The van der Waals surface area contributed by atoms with Gasteiger partial charge >= 0.3 is 0 Å². The minimum atomic E-state index is 0.377. The first-order chi connectivity index (χ1) is 5.83. The van der Waals surface area contributed by atoms with Gasteiger partial charge < -0.3 is 5.73 Å². The predicted octanol–water partition coefficient (Wildman–Crippen LogP) is 0.841. The van der Waals surface area contributed by atoms with Gasteiger partial charge in [-0.15, -0.1) is 0 Å². The zero-order valence-corrected chi connectivity index (χ0v) is 6.99. The van der Waals surface area contributed by atoms with Crippen molar-refractivity contribution in [3.63, 3.8) is 0 Å². The van der Waals surface area contributed by atoms with Crippen molar-refractivity contribution in [3.8, 4) is 0 Å². The van der Waals surface area contributed by atoms with Crippen molar-refractivity contribution >= 4 is 17.1 Å². The van der Waals surface area contributed by atoms with Crippen molar-refractivity contribution in [2.75, 3.05) is 0 Å². The van der Waals surface area contributed by atoms with Gasteiger partial charge in [0.15, 0.2) is 0 Å². The first-order valence-electron chi connectivity index (χ1n) is 3.49. The van der Waals surface area contributed by atoms with Crippen LogP contribution in [0.2, 0.25) is 5.28 Å². The van der Waals surface area contributed by atoms with Gasteiger partial charge in [-0.05, 0) is 11.6 Å². The molecule has 2 heterocycles. The third-order valence-electron chi connectivity index (χ3n) is 1.67. The van der Waals surface area contributed by atoms with Crippen LogP contribution in [0.4, 0.5) is 0 Å². The average molecular weight is 183 g/mol. The number of halogens is 1. The third kappa shape index (κ3) is 0.964. The molecule has 2 aromatic heterocycles. The van der Waals surface area contributed by atoms with E-state index in [2.05, 4.69) is 9.97 Å². The van der Waals surface area contributed by atoms with Crippen LogP contribution in [-0.4, -0.2) is 14.4 Å². The Morgan fingerprint density at radius 1 is 1.58 bits per heavy atom. The second-order valence-electron chi connectivity index (χ2n) is 2.36. The van der Waals surface area contributed by atoms with E-state index < -0.39 is 0 Å².